The van der Waals surface area contributed by atoms with E-state index in [-0.39, 0.29) is 12.0 Å². The number of rotatable bonds is 3. The van der Waals surface area contributed by atoms with E-state index in [1.54, 1.807) is 6.07 Å². The molecule has 1 unspecified atom stereocenters. The first-order chi connectivity index (χ1) is 8.88. The topological polar surface area (TPSA) is 102 Å². The minimum Gasteiger partial charge on any atom is -0.368 e. The van der Waals surface area contributed by atoms with Crippen molar-refractivity contribution in [3.8, 4) is 0 Å². The third-order valence-corrected chi connectivity index (χ3v) is 3.34. The summed E-state index contributed by atoms with van der Waals surface area (Å²) in [6.45, 7) is 4.00. The molecule has 19 heavy (non-hydrogen) atoms. The normalized spacial score (nSPS) is 12.6. The maximum absolute atomic E-state index is 11.9. The molecule has 1 aromatic carbocycles. The van der Waals surface area contributed by atoms with Gasteiger partial charge in [0.05, 0.1) is 6.04 Å². The molecule has 0 spiro atoms. The number of hydrogen-bond donors (Lipinski definition) is 3. The average molecular weight is 259 g/mol. The van der Waals surface area contributed by atoms with Crippen molar-refractivity contribution < 1.29 is 4.79 Å². The van der Waals surface area contributed by atoms with Crippen LogP contribution in [0.4, 0.5) is 0 Å². The molecule has 5 N–H and O–H groups in total. The Labute approximate surface area is 110 Å². The van der Waals surface area contributed by atoms with Gasteiger partial charge in [-0.3, -0.25) is 9.59 Å². The molecule has 0 aliphatic heterocycles. The number of aromatic nitrogens is 1. The van der Waals surface area contributed by atoms with Gasteiger partial charge in [-0.15, -0.1) is 0 Å². The summed E-state index contributed by atoms with van der Waals surface area (Å²) < 4.78 is 0. The van der Waals surface area contributed by atoms with Crippen molar-refractivity contribution in [1.29, 1.82) is 0 Å². The van der Waals surface area contributed by atoms with E-state index >= 15 is 0 Å². The first-order valence-corrected chi connectivity index (χ1v) is 6.06. The van der Waals surface area contributed by atoms with E-state index in [1.165, 1.54) is 0 Å². The fourth-order valence-electron chi connectivity index (χ4n) is 2.01. The summed E-state index contributed by atoms with van der Waals surface area (Å²) in [6.07, 6.45) is 0.146. The van der Waals surface area contributed by atoms with E-state index in [2.05, 4.69) is 4.98 Å². The molecule has 1 amide bonds. The number of carbonyl (C=O) groups excluding carboxylic acids is 1. The molecule has 2 aromatic rings. The number of fused-ring (bicyclic) bond motifs is 1. The third-order valence-electron chi connectivity index (χ3n) is 3.34. The van der Waals surface area contributed by atoms with E-state index in [9.17, 15) is 9.59 Å². The maximum Gasteiger partial charge on any atom is 0.251 e. The molecule has 1 atom stereocenters. The molecule has 0 saturated carbocycles. The van der Waals surface area contributed by atoms with Gasteiger partial charge in [-0.1, -0.05) is 0 Å². The van der Waals surface area contributed by atoms with Crippen molar-refractivity contribution in [3.05, 3.63) is 45.2 Å². The molecular formula is C14H17N3O2. The van der Waals surface area contributed by atoms with Crippen LogP contribution in [0.5, 0.6) is 0 Å². The summed E-state index contributed by atoms with van der Waals surface area (Å²) in [6, 6.07) is 4.86. The highest BCUT2D eigenvalue weighted by Crippen LogP contribution is 2.17. The Morgan fingerprint density at radius 3 is 2.53 bits per heavy atom. The van der Waals surface area contributed by atoms with Crippen molar-refractivity contribution in [2.45, 2.75) is 26.3 Å². The molecule has 5 nitrogen and oxygen atoms in total. The minimum atomic E-state index is -0.843. The first kappa shape index (κ1) is 13.3. The molecule has 0 fully saturated rings. The van der Waals surface area contributed by atoms with Crippen molar-refractivity contribution >= 4 is 16.8 Å². The molecule has 0 aliphatic rings. The number of benzene rings is 1. The van der Waals surface area contributed by atoms with Gasteiger partial charge >= 0.3 is 0 Å². The zero-order valence-corrected chi connectivity index (χ0v) is 11.0. The van der Waals surface area contributed by atoms with Crippen LogP contribution in [0.15, 0.2) is 23.0 Å². The summed E-state index contributed by atoms with van der Waals surface area (Å²) in [7, 11) is 0. The van der Waals surface area contributed by atoms with Gasteiger partial charge < -0.3 is 16.5 Å². The fraction of sp³-hybridized carbons (Fsp3) is 0.286. The number of H-pyrrole nitrogens is 1. The number of amides is 1. The van der Waals surface area contributed by atoms with Crippen LogP contribution in [-0.4, -0.2) is 16.9 Å². The fourth-order valence-corrected chi connectivity index (χ4v) is 2.01. The lowest BCUT2D eigenvalue weighted by Crippen LogP contribution is -2.39. The molecule has 1 heterocycles. The van der Waals surface area contributed by atoms with E-state index in [0.717, 1.165) is 22.0 Å². The Kier molecular flexibility index (Phi) is 3.40. The Bertz CT molecular complexity index is 704. The standard InChI is InChI=1S/C14H17N3O2/c1-7-3-9-5-10(6-11(15)13(16)18)14(19)17-12(9)4-8(7)2/h3-5,11H,6,15H2,1-2H3,(H2,16,18)(H,17,19). The van der Waals surface area contributed by atoms with Gasteiger partial charge in [0.1, 0.15) is 0 Å². The molecule has 0 bridgehead atoms. The lowest BCUT2D eigenvalue weighted by molar-refractivity contribution is -0.119. The van der Waals surface area contributed by atoms with Crippen LogP contribution in [0, 0.1) is 13.8 Å². The smallest absolute Gasteiger partial charge is 0.251 e. The van der Waals surface area contributed by atoms with Gasteiger partial charge in [-0.05, 0) is 48.6 Å². The summed E-state index contributed by atoms with van der Waals surface area (Å²) in [5.74, 6) is -0.611. The van der Waals surface area contributed by atoms with Crippen molar-refractivity contribution in [2.75, 3.05) is 0 Å². The Morgan fingerprint density at radius 1 is 1.26 bits per heavy atom. The van der Waals surface area contributed by atoms with Gasteiger partial charge in [0.15, 0.2) is 0 Å². The van der Waals surface area contributed by atoms with Crippen LogP contribution in [-0.2, 0) is 11.2 Å². The van der Waals surface area contributed by atoms with Crippen molar-refractivity contribution in [2.24, 2.45) is 11.5 Å². The molecule has 0 radical (unpaired) electrons. The van der Waals surface area contributed by atoms with Crippen LogP contribution in [0.1, 0.15) is 16.7 Å². The second-order valence-corrected chi connectivity index (χ2v) is 4.86. The lowest BCUT2D eigenvalue weighted by atomic mass is 10.0. The van der Waals surface area contributed by atoms with Gasteiger partial charge in [0.25, 0.3) is 5.56 Å². The SMILES string of the molecule is Cc1cc2cc(CC(N)C(N)=O)c(=O)[nH]c2cc1C. The summed E-state index contributed by atoms with van der Waals surface area (Å²) in [5, 5.41) is 0.925. The Morgan fingerprint density at radius 2 is 1.89 bits per heavy atom. The highest BCUT2D eigenvalue weighted by atomic mass is 16.1. The quantitative estimate of drug-likeness (QED) is 0.748. The predicted octanol–water partition coefficient (Wildman–Crippen LogP) is 0.500. The lowest BCUT2D eigenvalue weighted by Gasteiger charge is -2.09. The van der Waals surface area contributed by atoms with E-state index < -0.39 is 11.9 Å². The van der Waals surface area contributed by atoms with Gasteiger partial charge in [-0.25, -0.2) is 0 Å². The number of primary amides is 1. The monoisotopic (exact) mass is 259 g/mol. The van der Waals surface area contributed by atoms with Crippen LogP contribution >= 0.6 is 0 Å². The number of pyridine rings is 1. The third kappa shape index (κ3) is 2.66. The number of nitrogens with two attached hydrogens (primary N) is 2. The van der Waals surface area contributed by atoms with Crippen LogP contribution < -0.4 is 17.0 Å². The van der Waals surface area contributed by atoms with Gasteiger partial charge in [-0.2, -0.15) is 0 Å². The average Bonchev–Trinajstić information content (AvgIpc) is 2.32. The maximum atomic E-state index is 11.9. The second-order valence-electron chi connectivity index (χ2n) is 4.86. The molecule has 5 heteroatoms. The second kappa shape index (κ2) is 4.85. The molecule has 0 aliphatic carbocycles. The first-order valence-electron chi connectivity index (χ1n) is 6.06. The van der Waals surface area contributed by atoms with Gasteiger partial charge in [0, 0.05) is 17.5 Å². The number of aromatic amines is 1. The predicted molar refractivity (Wildman–Crippen MR) is 74.9 cm³/mol. The Hall–Kier alpha value is -2.14. The number of aryl methyl sites for hydroxylation is 2. The number of nitrogens with one attached hydrogen (secondary N) is 1. The molecule has 2 rings (SSSR count). The van der Waals surface area contributed by atoms with Crippen molar-refractivity contribution in [1.82, 2.24) is 4.98 Å². The Balaban J connectivity index is 2.52. The number of hydrogen-bond acceptors (Lipinski definition) is 3. The molecular weight excluding hydrogens is 242 g/mol. The zero-order chi connectivity index (χ0) is 14.2. The summed E-state index contributed by atoms with van der Waals surface area (Å²) in [4.78, 5) is 25.7. The van der Waals surface area contributed by atoms with Gasteiger partial charge in [0.2, 0.25) is 5.91 Å². The largest absolute Gasteiger partial charge is 0.368 e. The van der Waals surface area contributed by atoms with Crippen LogP contribution in [0.25, 0.3) is 10.9 Å². The molecule has 1 aromatic heterocycles. The zero-order valence-electron chi connectivity index (χ0n) is 11.0. The van der Waals surface area contributed by atoms with E-state index in [1.807, 2.05) is 26.0 Å². The van der Waals surface area contributed by atoms with Crippen LogP contribution in [0.3, 0.4) is 0 Å². The summed E-state index contributed by atoms with van der Waals surface area (Å²) in [5.41, 5.74) is 14.0. The minimum absolute atomic E-state index is 0.146. The van der Waals surface area contributed by atoms with Crippen LogP contribution in [0.2, 0.25) is 0 Å². The number of carbonyl (C=O) groups is 1. The van der Waals surface area contributed by atoms with E-state index in [4.69, 9.17) is 11.5 Å². The molecule has 0 saturated heterocycles. The molecule has 100 valence electrons. The highest BCUT2D eigenvalue weighted by Gasteiger charge is 2.13. The van der Waals surface area contributed by atoms with Crippen molar-refractivity contribution in [3.63, 3.8) is 0 Å². The van der Waals surface area contributed by atoms with E-state index in [0.29, 0.717) is 5.56 Å². The summed E-state index contributed by atoms with van der Waals surface area (Å²) >= 11 is 0. The highest BCUT2D eigenvalue weighted by molar-refractivity contribution is 5.82.